The summed E-state index contributed by atoms with van der Waals surface area (Å²) < 4.78 is 5.09. The number of amides is 2. The molecule has 3 atom stereocenters. The molecule has 1 aliphatic carbocycles. The van der Waals surface area contributed by atoms with Crippen LogP contribution < -0.4 is 16.0 Å². The highest BCUT2D eigenvalue weighted by Crippen LogP contribution is 2.39. The van der Waals surface area contributed by atoms with E-state index in [2.05, 4.69) is 22.0 Å². The van der Waals surface area contributed by atoms with Gasteiger partial charge in [-0.15, -0.1) is 0 Å². The molecule has 140 valence electrons. The number of aliphatic imine (C=N–C) groups is 1. The minimum absolute atomic E-state index is 0.0374. The van der Waals surface area contributed by atoms with Crippen LogP contribution in [0.4, 0.5) is 22.0 Å². The van der Waals surface area contributed by atoms with Gasteiger partial charge in [0.2, 0.25) is 5.91 Å². The molecular weight excluding hydrogens is 346 g/mol. The summed E-state index contributed by atoms with van der Waals surface area (Å²) in [5, 5.41) is 4.41. The van der Waals surface area contributed by atoms with Gasteiger partial charge in [0.15, 0.2) is 0 Å². The Hall–Kier alpha value is -3.16. The highest BCUT2D eigenvalue weighted by atomic mass is 16.6. The van der Waals surface area contributed by atoms with Crippen molar-refractivity contribution in [3.05, 3.63) is 24.4 Å². The largest absolute Gasteiger partial charge is 0.447 e. The molecule has 1 saturated heterocycles. The van der Waals surface area contributed by atoms with E-state index in [-0.39, 0.29) is 29.9 Å². The molecule has 1 aliphatic heterocycles. The maximum absolute atomic E-state index is 12.3. The van der Waals surface area contributed by atoms with Crippen molar-refractivity contribution < 1.29 is 14.3 Å². The number of nitrogens with zero attached hydrogens (tertiary/aromatic N) is 3. The summed E-state index contributed by atoms with van der Waals surface area (Å²) in [4.78, 5) is 34.0. The average Bonchev–Trinajstić information content (AvgIpc) is 3.32. The number of pyridine rings is 1. The Bertz CT molecular complexity index is 944. The third-order valence-electron chi connectivity index (χ3n) is 5.09. The van der Waals surface area contributed by atoms with Crippen LogP contribution in [0.1, 0.15) is 13.3 Å². The fourth-order valence-corrected chi connectivity index (χ4v) is 3.51. The fourth-order valence-electron chi connectivity index (χ4n) is 3.51. The number of carbonyl (C=O) groups is 2. The maximum Gasteiger partial charge on any atom is 0.414 e. The van der Waals surface area contributed by atoms with Crippen molar-refractivity contribution in [2.24, 2.45) is 16.8 Å². The van der Waals surface area contributed by atoms with Crippen molar-refractivity contribution in [1.29, 1.82) is 0 Å². The SMILES string of the molecule is C=NC[C@@H]1C[C@H]1C(=O)Nc1cc2cc(N3C(=O)OC[C@@H]3C)cc(N)c2cn1. The second-order valence-electron chi connectivity index (χ2n) is 7.12. The van der Waals surface area contributed by atoms with Gasteiger partial charge in [0.1, 0.15) is 12.4 Å². The lowest BCUT2D eigenvalue weighted by molar-refractivity contribution is -0.117. The number of nitrogens with two attached hydrogens (primary N) is 1. The number of anilines is 3. The van der Waals surface area contributed by atoms with E-state index in [0.717, 1.165) is 17.2 Å². The topological polar surface area (TPSA) is 110 Å². The van der Waals surface area contributed by atoms with E-state index in [1.807, 2.05) is 13.0 Å². The Morgan fingerprint density at radius 2 is 2.30 bits per heavy atom. The summed E-state index contributed by atoms with van der Waals surface area (Å²) in [5.74, 6) is 0.632. The molecule has 27 heavy (non-hydrogen) atoms. The van der Waals surface area contributed by atoms with Gasteiger partial charge >= 0.3 is 6.09 Å². The number of nitrogen functional groups attached to an aromatic ring is 1. The molecule has 8 heteroatoms. The Labute approximate surface area is 156 Å². The van der Waals surface area contributed by atoms with Gasteiger partial charge in [-0.25, -0.2) is 9.78 Å². The molecule has 0 bridgehead atoms. The minimum atomic E-state index is -0.389. The normalized spacial score (nSPS) is 24.0. The molecule has 4 rings (SSSR count). The van der Waals surface area contributed by atoms with Gasteiger partial charge < -0.3 is 20.8 Å². The van der Waals surface area contributed by atoms with Crippen LogP contribution in [0, 0.1) is 11.8 Å². The third-order valence-corrected chi connectivity index (χ3v) is 5.09. The quantitative estimate of drug-likeness (QED) is 0.623. The summed E-state index contributed by atoms with van der Waals surface area (Å²) in [6.07, 6.45) is 2.06. The molecule has 0 radical (unpaired) electrons. The number of hydrogen-bond acceptors (Lipinski definition) is 6. The number of cyclic esters (lactones) is 1. The number of benzene rings is 1. The molecular formula is C19H21N5O3. The second kappa shape index (κ2) is 6.53. The van der Waals surface area contributed by atoms with E-state index in [1.54, 1.807) is 23.2 Å². The zero-order chi connectivity index (χ0) is 19.1. The highest BCUT2D eigenvalue weighted by molar-refractivity contribution is 6.02. The molecule has 0 spiro atoms. The smallest absolute Gasteiger partial charge is 0.414 e. The van der Waals surface area contributed by atoms with Gasteiger partial charge in [-0.1, -0.05) is 0 Å². The molecule has 2 fully saturated rings. The number of ether oxygens (including phenoxy) is 1. The van der Waals surface area contributed by atoms with Gasteiger partial charge in [-0.2, -0.15) is 0 Å². The van der Waals surface area contributed by atoms with Crippen LogP contribution in [0.25, 0.3) is 10.8 Å². The molecule has 3 N–H and O–H groups in total. The average molecular weight is 367 g/mol. The lowest BCUT2D eigenvalue weighted by Gasteiger charge is -2.19. The van der Waals surface area contributed by atoms with Crippen LogP contribution in [-0.2, 0) is 9.53 Å². The molecule has 8 nitrogen and oxygen atoms in total. The van der Waals surface area contributed by atoms with E-state index in [4.69, 9.17) is 10.5 Å². The first-order chi connectivity index (χ1) is 13.0. The summed E-state index contributed by atoms with van der Waals surface area (Å²) >= 11 is 0. The minimum Gasteiger partial charge on any atom is -0.447 e. The van der Waals surface area contributed by atoms with Gasteiger partial charge in [-0.3, -0.25) is 9.69 Å². The van der Waals surface area contributed by atoms with Crippen LogP contribution in [0.15, 0.2) is 29.4 Å². The first kappa shape index (κ1) is 17.3. The van der Waals surface area contributed by atoms with Crippen molar-refractivity contribution in [2.45, 2.75) is 19.4 Å². The summed E-state index contributed by atoms with van der Waals surface area (Å²) in [5.41, 5.74) is 7.33. The van der Waals surface area contributed by atoms with Gasteiger partial charge in [0.25, 0.3) is 0 Å². The second-order valence-corrected chi connectivity index (χ2v) is 7.12. The number of aromatic nitrogens is 1. The zero-order valence-corrected chi connectivity index (χ0v) is 15.0. The summed E-state index contributed by atoms with van der Waals surface area (Å²) in [6, 6.07) is 5.29. The van der Waals surface area contributed by atoms with E-state index in [0.29, 0.717) is 30.3 Å². The third kappa shape index (κ3) is 3.18. The van der Waals surface area contributed by atoms with E-state index >= 15 is 0 Å². The summed E-state index contributed by atoms with van der Waals surface area (Å²) in [7, 11) is 0. The van der Waals surface area contributed by atoms with E-state index < -0.39 is 0 Å². The van der Waals surface area contributed by atoms with Crippen molar-refractivity contribution >= 4 is 46.7 Å². The number of rotatable bonds is 5. The zero-order valence-electron chi connectivity index (χ0n) is 15.0. The first-order valence-electron chi connectivity index (χ1n) is 8.86. The van der Waals surface area contributed by atoms with Crippen LogP contribution in [0.5, 0.6) is 0 Å². The van der Waals surface area contributed by atoms with Crippen molar-refractivity contribution in [1.82, 2.24) is 4.98 Å². The van der Waals surface area contributed by atoms with E-state index in [1.165, 1.54) is 0 Å². The van der Waals surface area contributed by atoms with Crippen molar-refractivity contribution in [2.75, 3.05) is 29.1 Å². The van der Waals surface area contributed by atoms with Crippen LogP contribution in [0.2, 0.25) is 0 Å². The van der Waals surface area contributed by atoms with Crippen LogP contribution in [0.3, 0.4) is 0 Å². The Kier molecular flexibility index (Phi) is 4.18. The standard InChI is InChI=1S/C19H21N5O3/c1-10-9-27-19(26)24(10)13-3-11-5-17(22-8-15(11)16(20)6-13)23-18(25)14-4-12(14)7-21-2/h3,5-6,8,10,12,14H,2,4,7,9,20H2,1H3,(H,22,23,25)/t10-,12-,14+/m0/s1. The lowest BCUT2D eigenvalue weighted by atomic mass is 10.1. The number of hydrogen-bond donors (Lipinski definition) is 2. The fraction of sp³-hybridized carbons (Fsp3) is 0.368. The predicted molar refractivity (Wildman–Crippen MR) is 104 cm³/mol. The maximum atomic E-state index is 12.3. The molecule has 2 aliphatic rings. The molecule has 0 unspecified atom stereocenters. The van der Waals surface area contributed by atoms with E-state index in [9.17, 15) is 9.59 Å². The first-order valence-corrected chi connectivity index (χ1v) is 8.86. The Morgan fingerprint density at radius 3 is 3.00 bits per heavy atom. The van der Waals surface area contributed by atoms with Gasteiger partial charge in [-0.05, 0) is 49.6 Å². The molecule has 1 aromatic heterocycles. The van der Waals surface area contributed by atoms with Crippen molar-refractivity contribution in [3.8, 4) is 0 Å². The Morgan fingerprint density at radius 1 is 1.48 bits per heavy atom. The van der Waals surface area contributed by atoms with Crippen LogP contribution >= 0.6 is 0 Å². The van der Waals surface area contributed by atoms with Crippen LogP contribution in [-0.4, -0.2) is 42.9 Å². The monoisotopic (exact) mass is 367 g/mol. The Balaban J connectivity index is 1.60. The number of nitrogens with one attached hydrogen (secondary N) is 1. The molecule has 1 saturated carbocycles. The molecule has 2 heterocycles. The molecule has 2 aromatic rings. The summed E-state index contributed by atoms with van der Waals surface area (Å²) in [6.45, 7) is 6.33. The molecule has 1 aromatic carbocycles. The number of carbonyl (C=O) groups excluding carboxylic acids is 2. The number of fused-ring (bicyclic) bond motifs is 1. The lowest BCUT2D eigenvalue weighted by Crippen LogP contribution is -2.30. The van der Waals surface area contributed by atoms with Gasteiger partial charge in [0, 0.05) is 29.7 Å². The highest BCUT2D eigenvalue weighted by Gasteiger charge is 2.42. The molecule has 2 amide bonds. The van der Waals surface area contributed by atoms with Crippen molar-refractivity contribution in [3.63, 3.8) is 0 Å². The van der Waals surface area contributed by atoms with Gasteiger partial charge in [0.05, 0.1) is 11.7 Å². The predicted octanol–water partition coefficient (Wildman–Crippen LogP) is 2.44.